The molecule has 1 heterocycles. The van der Waals surface area contributed by atoms with Crippen molar-refractivity contribution in [3.05, 3.63) is 29.3 Å². The monoisotopic (exact) mass is 261 g/mol. The number of hydrogen-bond acceptors (Lipinski definition) is 3. The fraction of sp³-hybridized carbons (Fsp3) is 0.533. The molecule has 1 aromatic rings. The fourth-order valence-corrected chi connectivity index (χ4v) is 3.58. The average molecular weight is 261 g/mol. The number of amides is 1. The molecule has 102 valence electrons. The van der Waals surface area contributed by atoms with E-state index in [0.29, 0.717) is 6.42 Å². The van der Waals surface area contributed by atoms with Crippen molar-refractivity contribution >= 4 is 5.91 Å². The zero-order valence-electron chi connectivity index (χ0n) is 11.4. The molecule has 2 unspecified atom stereocenters. The van der Waals surface area contributed by atoms with Crippen LogP contribution in [0, 0.1) is 5.41 Å². The minimum Gasteiger partial charge on any atom is -0.497 e. The van der Waals surface area contributed by atoms with E-state index in [9.17, 15) is 4.79 Å². The average Bonchev–Trinajstić information content (AvgIpc) is 2.69. The normalized spacial score (nSPS) is 29.2. The zero-order valence-corrected chi connectivity index (χ0v) is 11.4. The fourth-order valence-electron chi connectivity index (χ4n) is 3.58. The molecule has 4 heteroatoms. The highest BCUT2D eigenvalue weighted by Gasteiger charge is 2.49. The van der Waals surface area contributed by atoms with Gasteiger partial charge in [0.15, 0.2) is 0 Å². The molecule has 3 rings (SSSR count). The van der Waals surface area contributed by atoms with Crippen molar-refractivity contribution in [3.63, 3.8) is 0 Å². The lowest BCUT2D eigenvalue weighted by atomic mass is 9.74. The van der Waals surface area contributed by atoms with Crippen LogP contribution in [0.4, 0.5) is 0 Å². The second-order valence-corrected chi connectivity index (χ2v) is 5.50. The SMILES string of the molecule is COc1ccc2c(c1)C(OC)C1(CCNC(=O)C1)C2. The predicted molar refractivity (Wildman–Crippen MR) is 71.1 cm³/mol. The van der Waals surface area contributed by atoms with Gasteiger partial charge in [-0.1, -0.05) is 6.07 Å². The van der Waals surface area contributed by atoms with Gasteiger partial charge in [-0.05, 0) is 36.1 Å². The molecule has 1 N–H and O–H groups in total. The first-order chi connectivity index (χ1) is 9.18. The van der Waals surface area contributed by atoms with Gasteiger partial charge in [0.2, 0.25) is 5.91 Å². The van der Waals surface area contributed by atoms with Crippen LogP contribution in [0.25, 0.3) is 0 Å². The summed E-state index contributed by atoms with van der Waals surface area (Å²) in [5, 5.41) is 2.91. The Labute approximate surface area is 113 Å². The number of piperidine rings is 1. The van der Waals surface area contributed by atoms with Crippen molar-refractivity contribution in [1.82, 2.24) is 5.32 Å². The van der Waals surface area contributed by atoms with E-state index in [-0.39, 0.29) is 17.4 Å². The summed E-state index contributed by atoms with van der Waals surface area (Å²) in [6, 6.07) is 6.12. The predicted octanol–water partition coefficient (Wildman–Crippen LogP) is 1.84. The lowest BCUT2D eigenvalue weighted by Crippen LogP contribution is -2.43. The van der Waals surface area contributed by atoms with Gasteiger partial charge in [-0.15, -0.1) is 0 Å². The third kappa shape index (κ3) is 1.91. The van der Waals surface area contributed by atoms with E-state index in [1.54, 1.807) is 14.2 Å². The first-order valence-corrected chi connectivity index (χ1v) is 6.65. The van der Waals surface area contributed by atoms with E-state index >= 15 is 0 Å². The van der Waals surface area contributed by atoms with Crippen LogP contribution < -0.4 is 10.1 Å². The molecule has 0 aromatic heterocycles. The molecule has 2 atom stereocenters. The van der Waals surface area contributed by atoms with E-state index in [1.165, 1.54) is 11.1 Å². The number of hydrogen-bond donors (Lipinski definition) is 1. The van der Waals surface area contributed by atoms with E-state index in [4.69, 9.17) is 9.47 Å². The van der Waals surface area contributed by atoms with Crippen molar-refractivity contribution in [2.75, 3.05) is 20.8 Å². The van der Waals surface area contributed by atoms with Gasteiger partial charge in [0.05, 0.1) is 13.2 Å². The summed E-state index contributed by atoms with van der Waals surface area (Å²) < 4.78 is 11.0. The topological polar surface area (TPSA) is 47.6 Å². The quantitative estimate of drug-likeness (QED) is 0.883. The first-order valence-electron chi connectivity index (χ1n) is 6.65. The van der Waals surface area contributed by atoms with Crippen LogP contribution in [0.5, 0.6) is 5.75 Å². The molecular weight excluding hydrogens is 242 g/mol. The van der Waals surface area contributed by atoms with Crippen LogP contribution in [-0.4, -0.2) is 26.7 Å². The van der Waals surface area contributed by atoms with Crippen LogP contribution in [0.2, 0.25) is 0 Å². The maximum atomic E-state index is 11.8. The van der Waals surface area contributed by atoms with Gasteiger partial charge >= 0.3 is 0 Å². The highest BCUT2D eigenvalue weighted by molar-refractivity contribution is 5.78. The standard InChI is InChI=1S/C15H19NO3/c1-18-11-4-3-10-8-15(5-6-16-13(17)9-15)14(19-2)12(10)7-11/h3-4,7,14H,5-6,8-9H2,1-2H3,(H,16,17). The number of nitrogens with one attached hydrogen (secondary N) is 1. The highest BCUT2D eigenvalue weighted by Crippen LogP contribution is 2.53. The Kier molecular flexibility index (Phi) is 2.97. The van der Waals surface area contributed by atoms with Crippen molar-refractivity contribution < 1.29 is 14.3 Å². The molecule has 1 aliphatic heterocycles. The number of benzene rings is 1. The van der Waals surface area contributed by atoms with Crippen LogP contribution in [0.1, 0.15) is 30.1 Å². The maximum Gasteiger partial charge on any atom is 0.220 e. The second kappa shape index (κ2) is 4.53. The summed E-state index contributed by atoms with van der Waals surface area (Å²) >= 11 is 0. The Balaban J connectivity index is 2.00. The first kappa shape index (κ1) is 12.5. The van der Waals surface area contributed by atoms with E-state index in [0.717, 1.165) is 25.1 Å². The van der Waals surface area contributed by atoms with E-state index < -0.39 is 0 Å². The number of carbonyl (C=O) groups excluding carboxylic acids is 1. The molecule has 0 saturated carbocycles. The van der Waals surface area contributed by atoms with Gasteiger partial charge in [0.1, 0.15) is 5.75 Å². The van der Waals surface area contributed by atoms with Crippen molar-refractivity contribution in [1.29, 1.82) is 0 Å². The van der Waals surface area contributed by atoms with Crippen molar-refractivity contribution in [3.8, 4) is 5.75 Å². The van der Waals surface area contributed by atoms with Gasteiger partial charge in [-0.25, -0.2) is 0 Å². The van der Waals surface area contributed by atoms with Crippen LogP contribution in [0.3, 0.4) is 0 Å². The molecule has 1 aromatic carbocycles. The molecule has 0 radical (unpaired) electrons. The molecule has 1 aliphatic carbocycles. The minimum absolute atomic E-state index is 0.0105. The smallest absolute Gasteiger partial charge is 0.220 e. The third-order valence-electron chi connectivity index (χ3n) is 4.43. The maximum absolute atomic E-state index is 11.8. The lowest BCUT2D eigenvalue weighted by Gasteiger charge is -2.37. The van der Waals surface area contributed by atoms with E-state index in [2.05, 4.69) is 11.4 Å². The Morgan fingerprint density at radius 1 is 1.32 bits per heavy atom. The molecule has 1 amide bonds. The van der Waals surface area contributed by atoms with Gasteiger partial charge in [0, 0.05) is 25.5 Å². The largest absolute Gasteiger partial charge is 0.497 e. The summed E-state index contributed by atoms with van der Waals surface area (Å²) in [6.45, 7) is 0.740. The molecule has 0 bridgehead atoms. The summed E-state index contributed by atoms with van der Waals surface area (Å²) in [5.74, 6) is 0.978. The third-order valence-corrected chi connectivity index (χ3v) is 4.43. The van der Waals surface area contributed by atoms with Crippen molar-refractivity contribution in [2.45, 2.75) is 25.4 Å². The lowest BCUT2D eigenvalue weighted by molar-refractivity contribution is -0.130. The number of methoxy groups -OCH3 is 2. The van der Waals surface area contributed by atoms with E-state index in [1.807, 2.05) is 12.1 Å². The number of carbonyl (C=O) groups is 1. The summed E-state index contributed by atoms with van der Waals surface area (Å²) in [6.07, 6.45) is 2.42. The van der Waals surface area contributed by atoms with Gasteiger partial charge in [-0.3, -0.25) is 4.79 Å². The number of rotatable bonds is 2. The van der Waals surface area contributed by atoms with Gasteiger partial charge in [-0.2, -0.15) is 0 Å². The minimum atomic E-state index is -0.0776. The van der Waals surface area contributed by atoms with Crippen molar-refractivity contribution in [2.24, 2.45) is 5.41 Å². The molecule has 4 nitrogen and oxygen atoms in total. The molecule has 2 aliphatic rings. The molecule has 1 saturated heterocycles. The summed E-state index contributed by atoms with van der Waals surface area (Å²) in [7, 11) is 3.40. The Morgan fingerprint density at radius 3 is 2.84 bits per heavy atom. The zero-order chi connectivity index (χ0) is 13.5. The molecule has 1 fully saturated rings. The van der Waals surface area contributed by atoms with Crippen LogP contribution in [0.15, 0.2) is 18.2 Å². The Hall–Kier alpha value is -1.55. The number of fused-ring (bicyclic) bond motifs is 1. The van der Waals surface area contributed by atoms with Gasteiger partial charge in [0.25, 0.3) is 0 Å². The molecule has 1 spiro atoms. The Bertz CT molecular complexity index is 514. The van der Waals surface area contributed by atoms with Crippen LogP contribution in [-0.2, 0) is 16.0 Å². The molecular formula is C15H19NO3. The van der Waals surface area contributed by atoms with Gasteiger partial charge < -0.3 is 14.8 Å². The highest BCUT2D eigenvalue weighted by atomic mass is 16.5. The second-order valence-electron chi connectivity index (χ2n) is 5.50. The Morgan fingerprint density at radius 2 is 2.16 bits per heavy atom. The molecule has 19 heavy (non-hydrogen) atoms. The van der Waals surface area contributed by atoms with Crippen LogP contribution >= 0.6 is 0 Å². The number of ether oxygens (including phenoxy) is 2. The summed E-state index contributed by atoms with van der Waals surface area (Å²) in [5.41, 5.74) is 2.38. The summed E-state index contributed by atoms with van der Waals surface area (Å²) in [4.78, 5) is 11.8.